The summed E-state index contributed by atoms with van der Waals surface area (Å²) >= 11 is 3.42. The summed E-state index contributed by atoms with van der Waals surface area (Å²) in [5, 5.41) is 0. The van der Waals surface area contributed by atoms with E-state index >= 15 is 0 Å². The molecule has 0 unspecified atom stereocenters. The van der Waals surface area contributed by atoms with Crippen LogP contribution in [0.5, 0.6) is 5.75 Å². The van der Waals surface area contributed by atoms with Gasteiger partial charge in [0.15, 0.2) is 0 Å². The van der Waals surface area contributed by atoms with Gasteiger partial charge in [0.05, 0.1) is 11.1 Å². The number of para-hydroxylation sites is 1. The van der Waals surface area contributed by atoms with Crippen LogP contribution in [0.15, 0.2) is 40.9 Å². The van der Waals surface area contributed by atoms with Gasteiger partial charge in [-0.2, -0.15) is 0 Å². The highest BCUT2D eigenvalue weighted by Crippen LogP contribution is 2.23. The summed E-state index contributed by atoms with van der Waals surface area (Å²) in [7, 11) is 0. The van der Waals surface area contributed by atoms with Gasteiger partial charge in [0.1, 0.15) is 5.75 Å². The van der Waals surface area contributed by atoms with E-state index in [1.54, 1.807) is 0 Å². The van der Waals surface area contributed by atoms with E-state index in [0.29, 0.717) is 6.61 Å². The van der Waals surface area contributed by atoms with Crippen molar-refractivity contribution in [3.05, 3.63) is 40.9 Å². The van der Waals surface area contributed by atoms with Gasteiger partial charge in [0.2, 0.25) is 0 Å². The lowest BCUT2D eigenvalue weighted by molar-refractivity contribution is 0.320. The average Bonchev–Trinajstić information content (AvgIpc) is 2.08. The van der Waals surface area contributed by atoms with Crippen LogP contribution in [0.25, 0.3) is 0 Å². The Labute approximate surface area is 87.5 Å². The maximum Gasteiger partial charge on any atom is 0.133 e. The summed E-state index contributed by atoms with van der Waals surface area (Å²) in [6, 6.07) is 7.84. The molecule has 0 aliphatic carbocycles. The largest absolute Gasteiger partial charge is 0.492 e. The zero-order chi connectivity index (χ0) is 9.68. The summed E-state index contributed by atoms with van der Waals surface area (Å²) in [4.78, 5) is 0. The van der Waals surface area contributed by atoms with Gasteiger partial charge in [-0.1, -0.05) is 17.7 Å². The Balaban J connectivity index is 2.45. The topological polar surface area (TPSA) is 9.23 Å². The minimum absolute atomic E-state index is 0.692. The van der Waals surface area contributed by atoms with E-state index in [1.165, 1.54) is 0 Å². The van der Waals surface area contributed by atoms with Crippen molar-refractivity contribution in [3.63, 3.8) is 0 Å². The minimum Gasteiger partial charge on any atom is -0.492 e. The standard InChI is InChI=1S/C11H13BrO/c1-9(2)7-8-13-11-6-4-3-5-10(11)12/h3-6H,1,7-8H2,2H3. The molecule has 0 N–H and O–H groups in total. The molecule has 0 atom stereocenters. The molecule has 1 aromatic carbocycles. The van der Waals surface area contributed by atoms with Gasteiger partial charge >= 0.3 is 0 Å². The second-order valence-electron chi connectivity index (χ2n) is 2.99. The van der Waals surface area contributed by atoms with Crippen molar-refractivity contribution in [2.24, 2.45) is 0 Å². The van der Waals surface area contributed by atoms with Crippen LogP contribution in [0.2, 0.25) is 0 Å². The number of hydrogen-bond acceptors (Lipinski definition) is 1. The zero-order valence-corrected chi connectivity index (χ0v) is 9.30. The van der Waals surface area contributed by atoms with Gasteiger partial charge in [-0.15, -0.1) is 6.58 Å². The number of hydrogen-bond donors (Lipinski definition) is 0. The van der Waals surface area contributed by atoms with Crippen LogP contribution in [0.1, 0.15) is 13.3 Å². The summed E-state index contributed by atoms with van der Waals surface area (Å²) in [5.41, 5.74) is 1.15. The lowest BCUT2D eigenvalue weighted by Gasteiger charge is -2.07. The van der Waals surface area contributed by atoms with Gasteiger partial charge in [-0.3, -0.25) is 0 Å². The third-order valence-corrected chi connectivity index (χ3v) is 2.28. The molecule has 0 aliphatic rings. The van der Waals surface area contributed by atoms with Crippen LogP contribution >= 0.6 is 15.9 Å². The molecule has 1 rings (SSSR count). The molecular formula is C11H13BrO. The van der Waals surface area contributed by atoms with Crippen LogP contribution in [-0.4, -0.2) is 6.61 Å². The van der Waals surface area contributed by atoms with Crippen molar-refractivity contribution in [1.82, 2.24) is 0 Å². The molecule has 0 heterocycles. The Bertz CT molecular complexity index is 294. The predicted octanol–water partition coefficient (Wildman–Crippen LogP) is 3.79. The molecule has 1 aromatic rings. The van der Waals surface area contributed by atoms with Crippen LogP contribution in [0.3, 0.4) is 0 Å². The van der Waals surface area contributed by atoms with Crippen molar-refractivity contribution < 1.29 is 4.74 Å². The molecule has 0 spiro atoms. The first-order chi connectivity index (χ1) is 6.20. The SMILES string of the molecule is C=C(C)CCOc1ccccc1Br. The molecule has 0 saturated carbocycles. The fraction of sp³-hybridized carbons (Fsp3) is 0.273. The fourth-order valence-electron chi connectivity index (χ4n) is 0.897. The van der Waals surface area contributed by atoms with Gasteiger partial charge in [0.25, 0.3) is 0 Å². The van der Waals surface area contributed by atoms with Crippen molar-refractivity contribution in [2.75, 3.05) is 6.61 Å². The monoisotopic (exact) mass is 240 g/mol. The van der Waals surface area contributed by atoms with Gasteiger partial charge in [-0.05, 0) is 35.0 Å². The summed E-state index contributed by atoms with van der Waals surface area (Å²) in [6.07, 6.45) is 0.904. The van der Waals surface area contributed by atoms with E-state index in [2.05, 4.69) is 22.5 Å². The molecule has 1 nitrogen and oxygen atoms in total. The Morgan fingerprint density at radius 1 is 1.46 bits per heavy atom. The molecule has 13 heavy (non-hydrogen) atoms. The first kappa shape index (κ1) is 10.3. The molecule has 0 aromatic heterocycles. The van der Waals surface area contributed by atoms with E-state index in [4.69, 9.17) is 4.74 Å². The molecule has 70 valence electrons. The highest BCUT2D eigenvalue weighted by atomic mass is 79.9. The Morgan fingerprint density at radius 3 is 2.77 bits per heavy atom. The Hall–Kier alpha value is -0.760. The lowest BCUT2D eigenvalue weighted by Crippen LogP contribution is -1.97. The van der Waals surface area contributed by atoms with Crippen LogP contribution in [0, 0.1) is 0 Å². The minimum atomic E-state index is 0.692. The highest BCUT2D eigenvalue weighted by Gasteiger charge is 1.97. The average molecular weight is 241 g/mol. The van der Waals surface area contributed by atoms with Crippen LogP contribution in [-0.2, 0) is 0 Å². The third kappa shape index (κ3) is 3.64. The fourth-order valence-corrected chi connectivity index (χ4v) is 1.30. The van der Waals surface area contributed by atoms with Crippen molar-refractivity contribution in [3.8, 4) is 5.75 Å². The normalized spacial score (nSPS) is 9.69. The van der Waals surface area contributed by atoms with Crippen molar-refractivity contribution in [2.45, 2.75) is 13.3 Å². The molecule has 0 aliphatic heterocycles. The summed E-state index contributed by atoms with van der Waals surface area (Å²) in [6.45, 7) is 6.51. The second-order valence-corrected chi connectivity index (χ2v) is 3.84. The first-order valence-electron chi connectivity index (χ1n) is 4.22. The van der Waals surface area contributed by atoms with Gasteiger partial charge in [0, 0.05) is 6.42 Å². The summed E-state index contributed by atoms with van der Waals surface area (Å²) < 4.78 is 6.54. The maximum atomic E-state index is 5.54. The van der Waals surface area contributed by atoms with Crippen LogP contribution in [0.4, 0.5) is 0 Å². The highest BCUT2D eigenvalue weighted by molar-refractivity contribution is 9.10. The van der Waals surface area contributed by atoms with E-state index in [-0.39, 0.29) is 0 Å². The van der Waals surface area contributed by atoms with E-state index in [9.17, 15) is 0 Å². The number of benzene rings is 1. The Kier molecular flexibility index (Phi) is 4.03. The Morgan fingerprint density at radius 2 is 2.15 bits per heavy atom. The lowest BCUT2D eigenvalue weighted by atomic mass is 10.2. The molecule has 0 amide bonds. The molecular weight excluding hydrogens is 228 g/mol. The van der Waals surface area contributed by atoms with Gasteiger partial charge in [-0.25, -0.2) is 0 Å². The number of rotatable bonds is 4. The van der Waals surface area contributed by atoms with Crippen molar-refractivity contribution >= 4 is 15.9 Å². The third-order valence-electron chi connectivity index (χ3n) is 1.62. The first-order valence-corrected chi connectivity index (χ1v) is 5.01. The van der Waals surface area contributed by atoms with E-state index < -0.39 is 0 Å². The number of halogens is 1. The van der Waals surface area contributed by atoms with Crippen molar-refractivity contribution in [1.29, 1.82) is 0 Å². The quantitative estimate of drug-likeness (QED) is 0.728. The molecule has 0 fully saturated rings. The molecule has 0 bridgehead atoms. The van der Waals surface area contributed by atoms with Gasteiger partial charge < -0.3 is 4.74 Å². The van der Waals surface area contributed by atoms with Crippen LogP contribution < -0.4 is 4.74 Å². The van der Waals surface area contributed by atoms with E-state index in [0.717, 1.165) is 22.2 Å². The summed E-state index contributed by atoms with van der Waals surface area (Å²) in [5.74, 6) is 0.892. The maximum absolute atomic E-state index is 5.54. The smallest absolute Gasteiger partial charge is 0.133 e. The molecule has 0 radical (unpaired) electrons. The zero-order valence-electron chi connectivity index (χ0n) is 7.72. The van der Waals surface area contributed by atoms with E-state index in [1.807, 2.05) is 31.2 Å². The second kappa shape index (κ2) is 5.07. The predicted molar refractivity (Wildman–Crippen MR) is 59.1 cm³/mol. The number of ether oxygens (including phenoxy) is 1. The molecule has 0 saturated heterocycles. The molecule has 2 heteroatoms.